The summed E-state index contributed by atoms with van der Waals surface area (Å²) >= 11 is 0.778. The number of phenolic OH excluding ortho intramolecular Hbond substituents is 1. The highest BCUT2D eigenvalue weighted by molar-refractivity contribution is 8.00. The fourth-order valence-electron chi connectivity index (χ4n) is 16.9. The number of hydrogen-bond donors (Lipinski definition) is 22. The molecule has 137 heavy (non-hydrogen) atoms. The number of carbonyl (C=O) groups excluding carboxylic acids is 16. The molecule has 0 radical (unpaired) electrons. The number of amides is 16. The molecule has 46 heteroatoms. The SMILES string of the molecule is CCCC[C@H]1C(=O)N(C)[C@@H](CCCC)C(=O)N[C@@H](CCCNC(=N)N)C(=O)N[C@H](C(=O)NCC(N)=O)CSCC(=O)N[C@@H](Cc2ccc(O)cc2)C(=O)N(C)[C@@H](C)C(=O)N[C@@H](CCN)C(=O)N2CCC[C@H]2C(=O)N[C@@H](Cc2c[nH]cn2)C(=O)N[C@@H](CCC(=O)O)C(=O)N2C[C@H](O)C[C@H]2C(=O)N[C@@H](Cc2c[nH]c3ccccc23)C(=O)N[C@@H](CCN)C(=O)N[C@@H](Cc2c[nH]c3ccccc23)C(=O)N1C. The number of nitrogens with zero attached hydrogens (tertiary/aromatic N) is 6. The Hall–Kier alpha value is -13.8. The molecule has 0 aliphatic carbocycles. The Morgan fingerprint density at radius 1 is 0.533 bits per heavy atom. The molecule has 3 saturated heterocycles. The molecule has 3 aromatic heterocycles. The van der Waals surface area contributed by atoms with Gasteiger partial charge in [0.1, 0.15) is 90.3 Å². The molecule has 744 valence electrons. The van der Waals surface area contributed by atoms with E-state index in [1.54, 1.807) is 60.9 Å². The van der Waals surface area contributed by atoms with Crippen LogP contribution in [-0.2, 0) is 107 Å². The third-order valence-corrected chi connectivity index (χ3v) is 25.6. The van der Waals surface area contributed by atoms with Crippen molar-refractivity contribution in [3.05, 3.63) is 120 Å². The van der Waals surface area contributed by atoms with Gasteiger partial charge in [0.15, 0.2) is 5.96 Å². The normalized spacial score (nSPS) is 24.5. The van der Waals surface area contributed by atoms with Crippen LogP contribution in [-0.4, -0.2) is 329 Å². The van der Waals surface area contributed by atoms with Gasteiger partial charge in [0.05, 0.1) is 30.4 Å². The summed E-state index contributed by atoms with van der Waals surface area (Å²) in [6.07, 6.45) is 2.66. The number of aromatic hydroxyl groups is 1. The molecule has 6 aromatic rings. The van der Waals surface area contributed by atoms with Gasteiger partial charge in [-0.1, -0.05) is 88.1 Å². The van der Waals surface area contributed by atoms with Gasteiger partial charge >= 0.3 is 5.97 Å². The van der Waals surface area contributed by atoms with E-state index in [2.05, 4.69) is 78.4 Å². The molecule has 3 aromatic carbocycles. The predicted octanol–water partition coefficient (Wildman–Crippen LogP) is -3.28. The molecule has 26 N–H and O–H groups in total. The molecule has 6 heterocycles. The Morgan fingerprint density at radius 3 is 1.66 bits per heavy atom. The summed E-state index contributed by atoms with van der Waals surface area (Å²) in [6, 6.07) is -1.78. The maximum absolute atomic E-state index is 15.9. The van der Waals surface area contributed by atoms with Crippen LogP contribution in [0.4, 0.5) is 0 Å². The molecule has 0 bridgehead atoms. The number of carbonyl (C=O) groups is 17. The molecule has 0 spiro atoms. The third kappa shape index (κ3) is 30.1. The molecule has 15 atom stereocenters. The first-order valence-electron chi connectivity index (χ1n) is 45.9. The number of likely N-dealkylation sites (N-methyl/N-ethyl adjacent to an activating group) is 3. The number of unbranched alkanes of at least 4 members (excludes halogenated alkanes) is 2. The first-order chi connectivity index (χ1) is 65.4. The molecule has 0 unspecified atom stereocenters. The van der Waals surface area contributed by atoms with Gasteiger partial charge in [-0.2, -0.15) is 0 Å². The van der Waals surface area contributed by atoms with E-state index < -0.39 is 241 Å². The number of nitrogens with one attached hydrogen (secondary N) is 15. The van der Waals surface area contributed by atoms with E-state index in [9.17, 15) is 58.5 Å². The van der Waals surface area contributed by atoms with E-state index >= 15 is 38.4 Å². The van der Waals surface area contributed by atoms with Crippen molar-refractivity contribution >= 4 is 140 Å². The smallest absolute Gasteiger partial charge is 0.303 e. The second kappa shape index (κ2) is 51.8. The highest BCUT2D eigenvalue weighted by Crippen LogP contribution is 2.28. The zero-order valence-electron chi connectivity index (χ0n) is 77.7. The highest BCUT2D eigenvalue weighted by atomic mass is 32.2. The zero-order chi connectivity index (χ0) is 99.9. The van der Waals surface area contributed by atoms with Crippen LogP contribution in [0.3, 0.4) is 0 Å². The van der Waals surface area contributed by atoms with Gasteiger partial charge in [-0.3, -0.25) is 86.9 Å². The average Bonchev–Trinajstić information content (AvgIpc) is 1.57. The number of guanidine groups is 1. The quantitative estimate of drug-likeness (QED) is 0.0130. The lowest BCUT2D eigenvalue weighted by Crippen LogP contribution is -2.61. The predicted molar refractivity (Wildman–Crippen MR) is 504 cm³/mol. The number of aromatic amines is 3. The van der Waals surface area contributed by atoms with Crippen molar-refractivity contribution < 1.29 is 96.8 Å². The number of imidazole rings is 1. The van der Waals surface area contributed by atoms with Crippen LogP contribution < -0.4 is 81.4 Å². The van der Waals surface area contributed by atoms with Crippen molar-refractivity contribution in [1.82, 2.24) is 103 Å². The van der Waals surface area contributed by atoms with Crippen molar-refractivity contribution in [2.45, 2.75) is 233 Å². The Morgan fingerprint density at radius 2 is 1.05 bits per heavy atom. The van der Waals surface area contributed by atoms with E-state index in [4.69, 9.17) is 28.3 Å². The standard InChI is InChI=1S/C91H129N25O20S/c1-7-9-22-70-83(129)105-61(21-15-35-98-91(95)96)79(125)111-69(78(124)101-45-74(94)119)47-137-48-75(120)103-67(37-51-25-27-55(117)28-26-51)86(132)112(4)50(3)77(123)106-64(32-34-93)88(134)115-36-16-24-71(115)84(130)109-66(40-54-44-97-49-102-54)82(128)107-63(29-30-76(121)122)89(135)116-46-56(118)41-73(116)85(131)108-65(38-52-42-99-59-19-13-11-17-57(52)59)81(127)104-62(31-33-92)80(126)110-68(39-53-43-100-60-20-14-12-18-58(53)60)87(133)114(6)72(23-10-8-2)90(136)113(70)5/h11-14,17-20,25-28,42-44,49-50,56,61-73,99-100,117-118H,7-10,15-16,21-24,29-41,45-48,92-93H2,1-6H3,(H2,94,119)(H,97,102)(H,101,124)(H,103,120)(H,104,127)(H,105,129)(H,106,123)(H,107,128)(H,108,131)(H,109,130)(H,110,126)(H,111,125)(H,121,122)(H4,95,96,98)/t50-,56+,61-,62-,63-,64-,65-,66-,67-,68-,69-,70-,71-,72-,73-/m0/s1. The maximum Gasteiger partial charge on any atom is 0.303 e. The van der Waals surface area contributed by atoms with Crippen molar-refractivity contribution in [3.63, 3.8) is 0 Å². The molecule has 16 amide bonds. The number of carboxylic acid groups (broad SMARTS) is 1. The molecule has 9 rings (SSSR count). The Labute approximate surface area is 795 Å². The number of H-pyrrole nitrogens is 3. The Balaban J connectivity index is 1.11. The number of primary amides is 1. The molecule has 45 nitrogen and oxygen atoms in total. The minimum Gasteiger partial charge on any atom is -0.508 e. The molecular formula is C91H129N25O20S. The average molecular weight is 1930 g/mol. The number of rotatable bonds is 28. The number of para-hydroxylation sites is 2. The van der Waals surface area contributed by atoms with Crippen LogP contribution in [0.1, 0.15) is 139 Å². The van der Waals surface area contributed by atoms with Crippen LogP contribution in [0.15, 0.2) is 97.7 Å². The monoisotopic (exact) mass is 1920 g/mol. The minimum atomic E-state index is -1.81. The Kier molecular flexibility index (Phi) is 40.4. The Bertz CT molecular complexity index is 5250. The fourth-order valence-corrected chi connectivity index (χ4v) is 17.7. The highest BCUT2D eigenvalue weighted by Gasteiger charge is 2.47. The van der Waals surface area contributed by atoms with E-state index in [0.29, 0.717) is 64.2 Å². The maximum atomic E-state index is 15.9. The third-order valence-electron chi connectivity index (χ3n) is 24.6. The molecule has 3 aliphatic rings. The largest absolute Gasteiger partial charge is 0.508 e. The number of hydrogen-bond acceptors (Lipinski definition) is 24. The molecule has 3 fully saturated rings. The van der Waals surface area contributed by atoms with Gasteiger partial charge in [0.2, 0.25) is 94.5 Å². The lowest BCUT2D eigenvalue weighted by molar-refractivity contribution is -0.149. The first-order valence-corrected chi connectivity index (χ1v) is 47.1. The number of thioether (sulfide) groups is 1. The summed E-state index contributed by atoms with van der Waals surface area (Å²) in [6.45, 7) is 3.20. The first kappa shape index (κ1) is 107. The van der Waals surface area contributed by atoms with Crippen molar-refractivity contribution in [3.8, 4) is 5.75 Å². The van der Waals surface area contributed by atoms with E-state index in [0.717, 1.165) is 31.4 Å². The van der Waals surface area contributed by atoms with Crippen LogP contribution in [0.2, 0.25) is 0 Å². The number of aromatic nitrogens is 4. The number of benzene rings is 3. The number of aliphatic hydroxyl groups is 1. The molecule has 3 aliphatic heterocycles. The van der Waals surface area contributed by atoms with Crippen LogP contribution >= 0.6 is 11.8 Å². The van der Waals surface area contributed by atoms with Crippen molar-refractivity contribution in [2.24, 2.45) is 22.9 Å². The summed E-state index contributed by atoms with van der Waals surface area (Å²) < 4.78 is 0. The number of phenols is 1. The fraction of sp³-hybridized carbons (Fsp3) is 0.527. The van der Waals surface area contributed by atoms with Crippen LogP contribution in [0.5, 0.6) is 5.75 Å². The molecular weight excluding hydrogens is 1800 g/mol. The van der Waals surface area contributed by atoms with Gasteiger partial charge in [0, 0.05) is 125 Å². The van der Waals surface area contributed by atoms with Crippen LogP contribution in [0, 0.1) is 5.41 Å². The summed E-state index contributed by atoms with van der Waals surface area (Å²) in [5, 5.41) is 70.3. The number of aliphatic carboxylic acids is 1. The van der Waals surface area contributed by atoms with Crippen molar-refractivity contribution in [2.75, 3.05) is 71.9 Å². The summed E-state index contributed by atoms with van der Waals surface area (Å²) in [7, 11) is 3.98. The van der Waals surface area contributed by atoms with Gasteiger partial charge in [-0.05, 0) is 119 Å². The zero-order valence-corrected chi connectivity index (χ0v) is 78.5. The number of carboxylic acids is 1. The minimum absolute atomic E-state index is 0.00154. The van der Waals surface area contributed by atoms with Gasteiger partial charge in [0.25, 0.3) is 0 Å². The lowest BCUT2D eigenvalue weighted by atomic mass is 9.99. The number of nitrogens with two attached hydrogens (primary N) is 4. The van der Waals surface area contributed by atoms with Gasteiger partial charge < -0.3 is 136 Å². The summed E-state index contributed by atoms with van der Waals surface area (Å²) in [5.41, 5.74) is 26.3. The number of aliphatic hydroxyl groups excluding tert-OH is 1. The summed E-state index contributed by atoms with van der Waals surface area (Å²) in [5.74, 6) is -17.7. The van der Waals surface area contributed by atoms with Crippen molar-refractivity contribution in [1.29, 1.82) is 5.41 Å². The summed E-state index contributed by atoms with van der Waals surface area (Å²) in [4.78, 5) is 270. The van der Waals surface area contributed by atoms with E-state index in [1.165, 1.54) is 69.8 Å². The second-order valence-electron chi connectivity index (χ2n) is 34.6. The second-order valence-corrected chi connectivity index (χ2v) is 35.6. The topological polar surface area (TPSA) is 688 Å². The number of fused-ring (bicyclic) bond motifs is 4. The van der Waals surface area contributed by atoms with E-state index in [-0.39, 0.29) is 115 Å². The molecule has 0 saturated carbocycles. The van der Waals surface area contributed by atoms with E-state index in [1.807, 2.05) is 13.8 Å². The van der Waals surface area contributed by atoms with Gasteiger partial charge in [-0.15, -0.1) is 11.8 Å². The van der Waals surface area contributed by atoms with Crippen LogP contribution in [0.25, 0.3) is 21.8 Å². The van der Waals surface area contributed by atoms with Gasteiger partial charge in [-0.25, -0.2) is 4.98 Å². The lowest BCUT2D eigenvalue weighted by Gasteiger charge is -2.36.